The molecule has 0 saturated heterocycles. The highest BCUT2D eigenvalue weighted by molar-refractivity contribution is 5.71. The van der Waals surface area contributed by atoms with Crippen LogP contribution in [0.2, 0.25) is 0 Å². The summed E-state index contributed by atoms with van der Waals surface area (Å²) < 4.78 is 5.24. The molecule has 0 fully saturated rings. The minimum absolute atomic E-state index is 0.514. The lowest BCUT2D eigenvalue weighted by Gasteiger charge is -2.13. The minimum Gasteiger partial charge on any atom is -0.497 e. The Morgan fingerprint density at radius 3 is 2.33 bits per heavy atom. The van der Waals surface area contributed by atoms with Crippen molar-refractivity contribution in [3.05, 3.63) is 53.1 Å². The van der Waals surface area contributed by atoms with Gasteiger partial charge in [0.25, 0.3) is 0 Å². The summed E-state index contributed by atoms with van der Waals surface area (Å²) in [5.41, 5.74) is 11.9. The van der Waals surface area contributed by atoms with Crippen LogP contribution in [0, 0.1) is 13.8 Å². The van der Waals surface area contributed by atoms with Crippen LogP contribution in [0.15, 0.2) is 36.4 Å². The summed E-state index contributed by atoms with van der Waals surface area (Å²) in [5.74, 6) is 0.851. The number of benzene rings is 2. The van der Waals surface area contributed by atoms with E-state index in [1.54, 1.807) is 7.11 Å². The molecule has 2 heteroatoms. The third-order valence-corrected chi connectivity index (χ3v) is 3.20. The molecule has 0 bridgehead atoms. The second-order valence-electron chi connectivity index (χ2n) is 4.55. The summed E-state index contributed by atoms with van der Waals surface area (Å²) >= 11 is 0. The highest BCUT2D eigenvalue weighted by Crippen LogP contribution is 2.30. The molecule has 0 aromatic heterocycles. The fraction of sp³-hybridized carbons (Fsp3) is 0.250. The largest absolute Gasteiger partial charge is 0.497 e. The average molecular weight is 241 g/mol. The van der Waals surface area contributed by atoms with Gasteiger partial charge in [-0.2, -0.15) is 0 Å². The predicted octanol–water partition coefficient (Wildman–Crippen LogP) is 3.44. The van der Waals surface area contributed by atoms with E-state index in [0.717, 1.165) is 11.3 Å². The fourth-order valence-corrected chi connectivity index (χ4v) is 2.24. The summed E-state index contributed by atoms with van der Waals surface area (Å²) in [6, 6.07) is 12.6. The van der Waals surface area contributed by atoms with Crippen molar-refractivity contribution in [2.45, 2.75) is 20.4 Å². The second-order valence-corrected chi connectivity index (χ2v) is 4.55. The maximum atomic E-state index is 5.84. The average Bonchev–Trinajstić information content (AvgIpc) is 2.38. The molecule has 0 amide bonds. The predicted molar refractivity (Wildman–Crippen MR) is 75.8 cm³/mol. The first-order valence-electron chi connectivity index (χ1n) is 6.10. The number of ether oxygens (including phenoxy) is 1. The smallest absolute Gasteiger partial charge is 0.119 e. The number of hydrogen-bond donors (Lipinski definition) is 1. The Labute approximate surface area is 108 Å². The summed E-state index contributed by atoms with van der Waals surface area (Å²) in [7, 11) is 1.67. The molecule has 18 heavy (non-hydrogen) atoms. The van der Waals surface area contributed by atoms with Gasteiger partial charge < -0.3 is 10.5 Å². The minimum atomic E-state index is 0.514. The van der Waals surface area contributed by atoms with E-state index in [1.165, 1.54) is 22.3 Å². The van der Waals surface area contributed by atoms with Gasteiger partial charge in [0.1, 0.15) is 5.75 Å². The zero-order valence-corrected chi connectivity index (χ0v) is 11.2. The zero-order chi connectivity index (χ0) is 13.1. The Bertz CT molecular complexity index is 561. The molecular formula is C16H19NO. The van der Waals surface area contributed by atoms with Crippen molar-refractivity contribution in [2.24, 2.45) is 5.73 Å². The molecule has 0 spiro atoms. The first-order chi connectivity index (χ1) is 8.65. The van der Waals surface area contributed by atoms with Gasteiger partial charge in [-0.3, -0.25) is 0 Å². The van der Waals surface area contributed by atoms with Gasteiger partial charge >= 0.3 is 0 Å². The molecule has 94 valence electrons. The monoisotopic (exact) mass is 241 g/mol. The van der Waals surface area contributed by atoms with Crippen molar-refractivity contribution >= 4 is 0 Å². The van der Waals surface area contributed by atoms with E-state index in [0.29, 0.717) is 6.54 Å². The standard InChI is InChI=1S/C16H19NO/c1-11-4-6-15(12(2)8-11)16-7-5-14(18-3)9-13(16)10-17/h4-9H,10,17H2,1-3H3. The molecule has 0 heterocycles. The lowest BCUT2D eigenvalue weighted by molar-refractivity contribution is 0.414. The van der Waals surface area contributed by atoms with Gasteiger partial charge in [-0.05, 0) is 48.2 Å². The van der Waals surface area contributed by atoms with Crippen LogP contribution >= 0.6 is 0 Å². The topological polar surface area (TPSA) is 35.2 Å². The first-order valence-corrected chi connectivity index (χ1v) is 6.10. The van der Waals surface area contributed by atoms with Gasteiger partial charge in [-0.25, -0.2) is 0 Å². The van der Waals surface area contributed by atoms with Gasteiger partial charge in [0.2, 0.25) is 0 Å². The lowest BCUT2D eigenvalue weighted by Crippen LogP contribution is -2.00. The molecule has 0 saturated carbocycles. The molecular weight excluding hydrogens is 222 g/mol. The van der Waals surface area contributed by atoms with Gasteiger partial charge in [0, 0.05) is 6.54 Å². The van der Waals surface area contributed by atoms with Crippen molar-refractivity contribution in [1.82, 2.24) is 0 Å². The zero-order valence-electron chi connectivity index (χ0n) is 11.2. The summed E-state index contributed by atoms with van der Waals surface area (Å²) in [6.45, 7) is 4.75. The molecule has 2 aromatic rings. The second kappa shape index (κ2) is 5.23. The number of rotatable bonds is 3. The summed E-state index contributed by atoms with van der Waals surface area (Å²) in [5, 5.41) is 0. The Hall–Kier alpha value is -1.80. The van der Waals surface area contributed by atoms with Crippen LogP contribution in [0.4, 0.5) is 0 Å². The Morgan fingerprint density at radius 1 is 1.00 bits per heavy atom. The third-order valence-electron chi connectivity index (χ3n) is 3.20. The van der Waals surface area contributed by atoms with Gasteiger partial charge in [0.15, 0.2) is 0 Å². The van der Waals surface area contributed by atoms with Crippen molar-refractivity contribution in [3.8, 4) is 16.9 Å². The van der Waals surface area contributed by atoms with Crippen LogP contribution in [0.25, 0.3) is 11.1 Å². The van der Waals surface area contributed by atoms with E-state index >= 15 is 0 Å². The van der Waals surface area contributed by atoms with Crippen molar-refractivity contribution in [3.63, 3.8) is 0 Å². The van der Waals surface area contributed by atoms with Gasteiger partial charge in [-0.15, -0.1) is 0 Å². The van der Waals surface area contributed by atoms with Crippen LogP contribution in [0.1, 0.15) is 16.7 Å². The quantitative estimate of drug-likeness (QED) is 0.893. The molecule has 2 nitrogen and oxygen atoms in total. The molecule has 0 aliphatic carbocycles. The van der Waals surface area contributed by atoms with E-state index in [4.69, 9.17) is 10.5 Å². The third kappa shape index (κ3) is 2.39. The molecule has 2 N–H and O–H groups in total. The molecule has 0 aliphatic heterocycles. The van der Waals surface area contributed by atoms with Gasteiger partial charge in [0.05, 0.1) is 7.11 Å². The maximum Gasteiger partial charge on any atom is 0.119 e. The molecule has 2 aromatic carbocycles. The van der Waals surface area contributed by atoms with E-state index in [2.05, 4.69) is 38.1 Å². The SMILES string of the molecule is COc1ccc(-c2ccc(C)cc2C)c(CN)c1. The van der Waals surface area contributed by atoms with Gasteiger partial charge in [-0.1, -0.05) is 29.8 Å². The Kier molecular flexibility index (Phi) is 3.68. The van der Waals surface area contributed by atoms with Crippen LogP contribution in [-0.2, 0) is 6.54 Å². The summed E-state index contributed by atoms with van der Waals surface area (Å²) in [4.78, 5) is 0. The first kappa shape index (κ1) is 12.7. The van der Waals surface area contributed by atoms with Crippen LogP contribution < -0.4 is 10.5 Å². The number of methoxy groups -OCH3 is 1. The Morgan fingerprint density at radius 2 is 1.72 bits per heavy atom. The highest BCUT2D eigenvalue weighted by atomic mass is 16.5. The van der Waals surface area contributed by atoms with Crippen molar-refractivity contribution in [2.75, 3.05) is 7.11 Å². The van der Waals surface area contributed by atoms with E-state index in [1.807, 2.05) is 12.1 Å². The van der Waals surface area contributed by atoms with Crippen LogP contribution in [0.5, 0.6) is 5.75 Å². The van der Waals surface area contributed by atoms with E-state index in [9.17, 15) is 0 Å². The lowest BCUT2D eigenvalue weighted by atomic mass is 9.94. The van der Waals surface area contributed by atoms with E-state index in [-0.39, 0.29) is 0 Å². The van der Waals surface area contributed by atoms with E-state index < -0.39 is 0 Å². The van der Waals surface area contributed by atoms with Crippen LogP contribution in [-0.4, -0.2) is 7.11 Å². The van der Waals surface area contributed by atoms with Crippen molar-refractivity contribution in [1.29, 1.82) is 0 Å². The van der Waals surface area contributed by atoms with Crippen LogP contribution in [0.3, 0.4) is 0 Å². The number of nitrogens with two attached hydrogens (primary N) is 1. The number of aryl methyl sites for hydroxylation is 2. The highest BCUT2D eigenvalue weighted by Gasteiger charge is 2.08. The normalized spacial score (nSPS) is 10.4. The summed E-state index contributed by atoms with van der Waals surface area (Å²) in [6.07, 6.45) is 0. The maximum absolute atomic E-state index is 5.84. The fourth-order valence-electron chi connectivity index (χ4n) is 2.24. The number of hydrogen-bond acceptors (Lipinski definition) is 2. The molecule has 0 radical (unpaired) electrons. The van der Waals surface area contributed by atoms with Crippen molar-refractivity contribution < 1.29 is 4.74 Å². The molecule has 2 rings (SSSR count). The Balaban J connectivity index is 2.56. The molecule has 0 aliphatic rings. The molecule has 0 atom stereocenters. The molecule has 0 unspecified atom stereocenters.